The fourth-order valence-corrected chi connectivity index (χ4v) is 3.99. The maximum atomic E-state index is 13.3. The molecule has 0 aliphatic rings. The van der Waals surface area contributed by atoms with Gasteiger partial charge in [0.05, 0.1) is 13.7 Å². The molecule has 1 N–H and O–H groups in total. The van der Waals surface area contributed by atoms with Gasteiger partial charge in [0.15, 0.2) is 5.78 Å². The molecule has 0 aliphatic carbocycles. The first kappa shape index (κ1) is 29.8. The Balaban J connectivity index is 2.08. The summed E-state index contributed by atoms with van der Waals surface area (Å²) < 4.78 is 15.5. The van der Waals surface area contributed by atoms with Crippen LogP contribution in [0.15, 0.2) is 44.5 Å². The number of rotatable bonds is 13. The molecule has 1 aromatic carbocycles. The van der Waals surface area contributed by atoms with Gasteiger partial charge in [-0.3, -0.25) is 4.79 Å². The van der Waals surface area contributed by atoms with Crippen molar-refractivity contribution in [2.45, 2.75) is 72.6 Å². The minimum atomic E-state index is -0.834. The van der Waals surface area contributed by atoms with Crippen molar-refractivity contribution in [1.29, 1.82) is 0 Å². The average Bonchev–Trinajstić information content (AvgIpc) is 2.86. The second kappa shape index (κ2) is 13.8. The Hall–Kier alpha value is -3.42. The van der Waals surface area contributed by atoms with Crippen LogP contribution < -0.4 is 10.4 Å². The molecule has 0 bridgehead atoms. The molecule has 202 valence electrons. The van der Waals surface area contributed by atoms with E-state index in [1.807, 2.05) is 45.0 Å². The molecule has 1 heterocycles. The van der Waals surface area contributed by atoms with Crippen molar-refractivity contribution in [3.8, 4) is 11.5 Å². The molecule has 2 atom stereocenters. The number of Topliss-reactive ketones (excluding diaryl/α,β-unsaturated/α-hetero) is 1. The number of unbranched alkanes of at least 4 members (excludes halogenated alkanes) is 1. The number of methoxy groups -OCH3 is 1. The summed E-state index contributed by atoms with van der Waals surface area (Å²) >= 11 is 0. The molecule has 37 heavy (non-hydrogen) atoms. The molecule has 0 saturated carbocycles. The number of ether oxygens (including phenoxy) is 2. The minimum absolute atomic E-state index is 0.174. The minimum Gasteiger partial charge on any atom is -0.507 e. The highest BCUT2D eigenvalue weighted by molar-refractivity contribution is 6.00. The number of nitrogens with zero attached hydrogens (tertiary/aromatic N) is 1. The van der Waals surface area contributed by atoms with Gasteiger partial charge in [0.25, 0.3) is 0 Å². The van der Waals surface area contributed by atoms with Gasteiger partial charge in [0.1, 0.15) is 22.8 Å². The monoisotopic (exact) mass is 513 g/mol. The Bertz CT molecular complexity index is 1130. The topological polar surface area (TPSA) is 115 Å². The number of ketones is 1. The van der Waals surface area contributed by atoms with E-state index >= 15 is 0 Å². The van der Waals surface area contributed by atoms with Crippen molar-refractivity contribution in [2.75, 3.05) is 13.7 Å². The second-order valence-corrected chi connectivity index (χ2v) is 10.1. The Morgan fingerprint density at radius 2 is 1.86 bits per heavy atom. The zero-order chi connectivity index (χ0) is 27.6. The lowest BCUT2D eigenvalue weighted by atomic mass is 9.72. The van der Waals surface area contributed by atoms with E-state index < -0.39 is 28.8 Å². The molecule has 1 aromatic heterocycles. The zero-order valence-corrected chi connectivity index (χ0v) is 22.7. The van der Waals surface area contributed by atoms with Gasteiger partial charge in [-0.1, -0.05) is 46.8 Å². The molecule has 0 saturated heterocycles. The van der Waals surface area contributed by atoms with E-state index in [1.165, 1.54) is 19.4 Å². The summed E-state index contributed by atoms with van der Waals surface area (Å²) in [6.45, 7) is 10.3. The molecule has 0 fully saturated rings. The summed E-state index contributed by atoms with van der Waals surface area (Å²) in [6.07, 6.45) is 4.23. The van der Waals surface area contributed by atoms with Crippen LogP contribution in [0.2, 0.25) is 0 Å². The molecule has 2 unspecified atom stereocenters. The number of hydrogen-bond acceptors (Lipinski definition) is 7. The van der Waals surface area contributed by atoms with Gasteiger partial charge in [-0.2, -0.15) is 4.99 Å². The number of benzene rings is 1. The van der Waals surface area contributed by atoms with E-state index in [9.17, 15) is 19.5 Å². The maximum Gasteiger partial charge on any atom is 0.432 e. The highest BCUT2D eigenvalue weighted by Gasteiger charge is 2.35. The predicted molar refractivity (Wildman–Crippen MR) is 143 cm³/mol. The number of carbonyl (C=O) groups excluding carboxylic acids is 2. The van der Waals surface area contributed by atoms with E-state index in [2.05, 4.69) is 16.7 Å². The van der Waals surface area contributed by atoms with Crippen molar-refractivity contribution in [2.24, 2.45) is 16.3 Å². The third-order valence-corrected chi connectivity index (χ3v) is 6.65. The SMILES string of the molecule is CCCOc1ccc(CC(C)(C)C(C)C(=O)c2c(O)cc(C(C)CCCC=NC(=O)OC)oc2=O)cc1. The van der Waals surface area contributed by atoms with Crippen LogP contribution >= 0.6 is 0 Å². The van der Waals surface area contributed by atoms with E-state index in [0.717, 1.165) is 17.7 Å². The Labute approximate surface area is 218 Å². The highest BCUT2D eigenvalue weighted by Crippen LogP contribution is 2.35. The van der Waals surface area contributed by atoms with Gasteiger partial charge in [-0.25, -0.2) is 9.59 Å². The van der Waals surface area contributed by atoms with Crippen LogP contribution in [-0.4, -0.2) is 36.9 Å². The summed E-state index contributed by atoms with van der Waals surface area (Å²) in [5, 5.41) is 10.6. The number of amides is 1. The lowest BCUT2D eigenvalue weighted by Crippen LogP contribution is -2.33. The summed E-state index contributed by atoms with van der Waals surface area (Å²) in [6, 6.07) is 9.15. The van der Waals surface area contributed by atoms with E-state index in [4.69, 9.17) is 9.15 Å². The van der Waals surface area contributed by atoms with Crippen molar-refractivity contribution >= 4 is 18.1 Å². The van der Waals surface area contributed by atoms with Crippen molar-refractivity contribution in [3.63, 3.8) is 0 Å². The molecule has 2 rings (SSSR count). The normalized spacial score (nSPS) is 13.4. The van der Waals surface area contributed by atoms with Crippen molar-refractivity contribution < 1.29 is 28.6 Å². The van der Waals surface area contributed by atoms with E-state index in [0.29, 0.717) is 38.1 Å². The third-order valence-electron chi connectivity index (χ3n) is 6.65. The Morgan fingerprint density at radius 1 is 1.19 bits per heavy atom. The molecule has 8 nitrogen and oxygen atoms in total. The van der Waals surface area contributed by atoms with Crippen LogP contribution in [-0.2, 0) is 11.2 Å². The van der Waals surface area contributed by atoms with Crippen molar-refractivity contribution in [3.05, 3.63) is 57.6 Å². The first-order valence-electron chi connectivity index (χ1n) is 12.7. The number of carbonyl (C=O) groups is 2. The van der Waals surface area contributed by atoms with Gasteiger partial charge >= 0.3 is 11.7 Å². The Kier molecular flexibility index (Phi) is 11.1. The molecule has 0 aliphatic heterocycles. The van der Waals surface area contributed by atoms with Gasteiger partial charge in [-0.05, 0) is 55.2 Å². The van der Waals surface area contributed by atoms with E-state index in [1.54, 1.807) is 6.92 Å². The predicted octanol–water partition coefficient (Wildman–Crippen LogP) is 6.33. The van der Waals surface area contributed by atoms with Crippen LogP contribution in [0.5, 0.6) is 11.5 Å². The number of hydrogen-bond donors (Lipinski definition) is 1. The third kappa shape index (κ3) is 8.58. The smallest absolute Gasteiger partial charge is 0.432 e. The maximum absolute atomic E-state index is 13.3. The average molecular weight is 514 g/mol. The zero-order valence-electron chi connectivity index (χ0n) is 22.7. The second-order valence-electron chi connectivity index (χ2n) is 10.1. The van der Waals surface area contributed by atoms with Gasteiger partial charge in [0.2, 0.25) is 0 Å². The number of aliphatic imine (C=N–C) groups is 1. The quantitative estimate of drug-likeness (QED) is 0.189. The molecule has 1 amide bonds. The largest absolute Gasteiger partial charge is 0.507 e. The fraction of sp³-hybridized carbons (Fsp3) is 0.517. The fourth-order valence-electron chi connectivity index (χ4n) is 3.99. The van der Waals surface area contributed by atoms with Crippen LogP contribution in [0.25, 0.3) is 0 Å². The molecule has 8 heteroatoms. The lowest BCUT2D eigenvalue weighted by Gasteiger charge is -2.31. The van der Waals surface area contributed by atoms with Crippen molar-refractivity contribution in [1.82, 2.24) is 0 Å². The molecular formula is C29H39NO7. The summed E-state index contributed by atoms with van der Waals surface area (Å²) in [7, 11) is 1.26. The van der Waals surface area contributed by atoms with E-state index in [-0.39, 0.29) is 17.2 Å². The first-order valence-corrected chi connectivity index (χ1v) is 12.7. The molecule has 0 spiro atoms. The molecular weight excluding hydrogens is 474 g/mol. The number of aromatic hydroxyl groups is 1. The Morgan fingerprint density at radius 3 is 2.46 bits per heavy atom. The van der Waals surface area contributed by atoms with Gasteiger partial charge < -0.3 is 19.0 Å². The summed E-state index contributed by atoms with van der Waals surface area (Å²) in [5.41, 5.74) is -0.589. The first-order chi connectivity index (χ1) is 17.5. The molecule has 0 radical (unpaired) electrons. The summed E-state index contributed by atoms with van der Waals surface area (Å²) in [5.74, 6) is -0.421. The summed E-state index contributed by atoms with van der Waals surface area (Å²) in [4.78, 5) is 40.7. The van der Waals surface area contributed by atoms with Gasteiger partial charge in [0, 0.05) is 24.1 Å². The van der Waals surface area contributed by atoms with Crippen LogP contribution in [0.4, 0.5) is 4.79 Å². The van der Waals surface area contributed by atoms with Crippen LogP contribution in [0.1, 0.15) is 87.9 Å². The standard InChI is InChI=1S/C29H39NO7/c1-7-16-36-22-13-11-21(12-14-22)18-29(4,5)20(3)26(32)25-23(31)17-24(37-27(25)33)19(2)10-8-9-15-30-28(34)35-6/h11-15,17,19-20,31H,7-10,16,18H2,1-6H3. The van der Waals surface area contributed by atoms with Gasteiger partial charge in [-0.15, -0.1) is 0 Å². The van der Waals surface area contributed by atoms with Crippen LogP contribution in [0.3, 0.4) is 0 Å². The highest BCUT2D eigenvalue weighted by atomic mass is 16.5. The molecule has 2 aromatic rings. The van der Waals surface area contributed by atoms with Crippen LogP contribution in [0, 0.1) is 11.3 Å². The lowest BCUT2D eigenvalue weighted by molar-refractivity contribution is 0.0811.